The van der Waals surface area contributed by atoms with Crippen LogP contribution in [0.5, 0.6) is 0 Å². The van der Waals surface area contributed by atoms with Crippen LogP contribution in [0.1, 0.15) is 12.8 Å². The van der Waals surface area contributed by atoms with Crippen LogP contribution in [0.4, 0.5) is 0 Å². The highest BCUT2D eigenvalue weighted by atomic mass is 32.3. The monoisotopic (exact) mass is 300 g/mol. The second-order valence-electron chi connectivity index (χ2n) is 4.26. The summed E-state index contributed by atoms with van der Waals surface area (Å²) >= 11 is 4.84. The van der Waals surface area contributed by atoms with Gasteiger partial charge in [0.05, 0.1) is 4.99 Å². The van der Waals surface area contributed by atoms with Gasteiger partial charge in [-0.15, -0.1) is 0 Å². The van der Waals surface area contributed by atoms with Crippen LogP contribution >= 0.6 is 12.2 Å². The molecule has 9 heteroatoms. The van der Waals surface area contributed by atoms with Gasteiger partial charge >= 0.3 is 0 Å². The standard InChI is InChI=1S/C8H16N2O4S3/c1-16(11,12)6-17(13,14)10-4-2-3-7(5-10)8(9)15/h7H,2-6H2,1H3,(H2,9,15). The van der Waals surface area contributed by atoms with Crippen molar-refractivity contribution in [2.24, 2.45) is 11.7 Å². The molecule has 1 heterocycles. The van der Waals surface area contributed by atoms with Gasteiger partial charge in [0.1, 0.15) is 0 Å². The first-order valence-corrected chi connectivity index (χ1v) is 9.14. The number of sulfone groups is 1. The van der Waals surface area contributed by atoms with Gasteiger partial charge in [-0.25, -0.2) is 21.1 Å². The highest BCUT2D eigenvalue weighted by Crippen LogP contribution is 2.20. The molecule has 1 aliphatic heterocycles. The zero-order valence-electron chi connectivity index (χ0n) is 9.50. The molecule has 0 aliphatic carbocycles. The number of hydrogen-bond donors (Lipinski definition) is 1. The molecule has 0 saturated carbocycles. The maximum Gasteiger partial charge on any atom is 0.228 e. The topological polar surface area (TPSA) is 97.5 Å². The van der Waals surface area contributed by atoms with Gasteiger partial charge in [0.25, 0.3) is 0 Å². The van der Waals surface area contributed by atoms with Gasteiger partial charge in [0.15, 0.2) is 14.9 Å². The molecule has 0 aromatic rings. The third-order valence-electron chi connectivity index (χ3n) is 2.54. The smallest absolute Gasteiger partial charge is 0.228 e. The van der Waals surface area contributed by atoms with E-state index in [0.717, 1.165) is 12.7 Å². The highest BCUT2D eigenvalue weighted by molar-refractivity contribution is 8.06. The average molecular weight is 300 g/mol. The van der Waals surface area contributed by atoms with Gasteiger partial charge < -0.3 is 5.73 Å². The molecule has 0 amide bonds. The van der Waals surface area contributed by atoms with Crippen LogP contribution in [-0.2, 0) is 19.9 Å². The van der Waals surface area contributed by atoms with E-state index in [4.69, 9.17) is 18.0 Å². The predicted molar refractivity (Wildman–Crippen MR) is 69.7 cm³/mol. The molecular formula is C8H16N2O4S3. The number of nitrogens with two attached hydrogens (primary N) is 1. The van der Waals surface area contributed by atoms with E-state index in [-0.39, 0.29) is 17.5 Å². The minimum absolute atomic E-state index is 0.159. The van der Waals surface area contributed by atoms with Gasteiger partial charge in [0.2, 0.25) is 10.0 Å². The molecular weight excluding hydrogens is 284 g/mol. The van der Waals surface area contributed by atoms with Crippen LogP contribution < -0.4 is 5.73 Å². The fraction of sp³-hybridized carbons (Fsp3) is 0.875. The molecule has 1 fully saturated rings. The lowest BCUT2D eigenvalue weighted by Gasteiger charge is -2.31. The van der Waals surface area contributed by atoms with Gasteiger partial charge in [0, 0.05) is 25.3 Å². The van der Waals surface area contributed by atoms with Gasteiger partial charge in [-0.2, -0.15) is 0 Å². The molecule has 17 heavy (non-hydrogen) atoms. The van der Waals surface area contributed by atoms with E-state index < -0.39 is 24.9 Å². The van der Waals surface area contributed by atoms with Gasteiger partial charge in [-0.05, 0) is 12.8 Å². The molecule has 100 valence electrons. The quantitative estimate of drug-likeness (QED) is 0.691. The first-order valence-electron chi connectivity index (χ1n) is 5.07. The molecule has 1 saturated heterocycles. The van der Waals surface area contributed by atoms with Crippen molar-refractivity contribution in [1.29, 1.82) is 0 Å². The lowest BCUT2D eigenvalue weighted by Crippen LogP contribution is -2.45. The van der Waals surface area contributed by atoms with E-state index >= 15 is 0 Å². The van der Waals surface area contributed by atoms with Crippen LogP contribution in [-0.4, -0.2) is 50.6 Å². The van der Waals surface area contributed by atoms with Gasteiger partial charge in [-0.1, -0.05) is 12.2 Å². The molecule has 1 rings (SSSR count). The Morgan fingerprint density at radius 1 is 1.41 bits per heavy atom. The predicted octanol–water partition coefficient (Wildman–Crippen LogP) is -0.684. The third-order valence-corrected chi connectivity index (χ3v) is 6.90. The van der Waals surface area contributed by atoms with Crippen LogP contribution in [0.25, 0.3) is 0 Å². The summed E-state index contributed by atoms with van der Waals surface area (Å²) in [5, 5.41) is -0.857. The van der Waals surface area contributed by atoms with Crippen molar-refractivity contribution in [1.82, 2.24) is 4.31 Å². The SMILES string of the molecule is CS(=O)(=O)CS(=O)(=O)N1CCCC(C(N)=S)C1. The lowest BCUT2D eigenvalue weighted by molar-refractivity contribution is 0.314. The molecule has 0 radical (unpaired) electrons. The second kappa shape index (κ2) is 5.17. The Morgan fingerprint density at radius 3 is 2.47 bits per heavy atom. The zero-order chi connectivity index (χ0) is 13.3. The summed E-state index contributed by atoms with van der Waals surface area (Å²) in [6.45, 7) is 0.518. The summed E-state index contributed by atoms with van der Waals surface area (Å²) in [4.78, 5) is 0.282. The van der Waals surface area contributed by atoms with Crippen molar-refractivity contribution in [3.05, 3.63) is 0 Å². The summed E-state index contributed by atoms with van der Waals surface area (Å²) in [5.74, 6) is -0.159. The third kappa shape index (κ3) is 4.49. The van der Waals surface area contributed by atoms with E-state index in [0.29, 0.717) is 13.0 Å². The van der Waals surface area contributed by atoms with E-state index in [1.165, 1.54) is 4.31 Å². The zero-order valence-corrected chi connectivity index (χ0v) is 11.9. The Bertz CT molecular complexity index is 497. The molecule has 2 N–H and O–H groups in total. The second-order valence-corrected chi connectivity index (χ2v) is 9.20. The summed E-state index contributed by atoms with van der Waals surface area (Å²) in [6.07, 6.45) is 2.30. The van der Waals surface area contributed by atoms with Crippen molar-refractivity contribution in [3.8, 4) is 0 Å². The van der Waals surface area contributed by atoms with Crippen molar-refractivity contribution in [2.75, 3.05) is 24.4 Å². The Morgan fingerprint density at radius 2 is 2.00 bits per heavy atom. The summed E-state index contributed by atoms with van der Waals surface area (Å²) in [7, 11) is -7.34. The minimum atomic E-state index is -3.78. The van der Waals surface area contributed by atoms with Crippen molar-refractivity contribution in [3.63, 3.8) is 0 Å². The molecule has 0 bridgehead atoms. The molecule has 0 spiro atoms. The van der Waals surface area contributed by atoms with E-state index in [9.17, 15) is 16.8 Å². The summed E-state index contributed by atoms with van der Waals surface area (Å²) in [5.41, 5.74) is 5.49. The van der Waals surface area contributed by atoms with E-state index in [2.05, 4.69) is 0 Å². The Kier molecular flexibility index (Phi) is 4.50. The normalized spacial score (nSPS) is 23.5. The fourth-order valence-corrected chi connectivity index (χ4v) is 5.54. The molecule has 1 atom stereocenters. The minimum Gasteiger partial charge on any atom is -0.393 e. The fourth-order valence-electron chi connectivity index (χ4n) is 1.77. The van der Waals surface area contributed by atoms with Crippen molar-refractivity contribution < 1.29 is 16.8 Å². The molecule has 0 aromatic carbocycles. The van der Waals surface area contributed by atoms with Gasteiger partial charge in [-0.3, -0.25) is 0 Å². The van der Waals surface area contributed by atoms with Crippen LogP contribution in [0.2, 0.25) is 0 Å². The lowest BCUT2D eigenvalue weighted by atomic mass is 10.0. The maximum atomic E-state index is 11.8. The first-order chi connectivity index (χ1) is 7.62. The number of thiocarbonyl (C=S) groups is 1. The Labute approximate surface area is 107 Å². The molecule has 6 nitrogen and oxygen atoms in total. The van der Waals surface area contributed by atoms with E-state index in [1.807, 2.05) is 0 Å². The van der Waals surface area contributed by atoms with Crippen LogP contribution in [0.15, 0.2) is 0 Å². The Hall–Kier alpha value is -0.250. The molecule has 1 aliphatic rings. The van der Waals surface area contributed by atoms with Crippen molar-refractivity contribution >= 4 is 37.1 Å². The molecule has 0 aromatic heterocycles. The number of sulfonamides is 1. The number of nitrogens with zero attached hydrogens (tertiary/aromatic N) is 1. The first kappa shape index (κ1) is 14.8. The Balaban J connectivity index is 2.82. The van der Waals surface area contributed by atoms with E-state index in [1.54, 1.807) is 0 Å². The summed E-state index contributed by atoms with van der Waals surface area (Å²) < 4.78 is 46.9. The van der Waals surface area contributed by atoms with Crippen LogP contribution in [0.3, 0.4) is 0 Å². The maximum absolute atomic E-state index is 11.8. The number of hydrogen-bond acceptors (Lipinski definition) is 5. The highest BCUT2D eigenvalue weighted by Gasteiger charge is 2.32. The average Bonchev–Trinajstić information content (AvgIpc) is 2.14. The summed E-state index contributed by atoms with van der Waals surface area (Å²) in [6, 6.07) is 0. The largest absolute Gasteiger partial charge is 0.393 e. The van der Waals surface area contributed by atoms with Crippen molar-refractivity contribution in [2.45, 2.75) is 12.8 Å². The number of piperidine rings is 1. The molecule has 1 unspecified atom stereocenters. The van der Waals surface area contributed by atoms with Crippen LogP contribution in [0, 0.1) is 5.92 Å². The number of rotatable bonds is 4.